The van der Waals surface area contributed by atoms with Gasteiger partial charge in [-0.1, -0.05) is 30.3 Å². The van der Waals surface area contributed by atoms with Gasteiger partial charge in [-0.2, -0.15) is 0 Å². The van der Waals surface area contributed by atoms with Gasteiger partial charge in [-0.25, -0.2) is 13.8 Å². The lowest BCUT2D eigenvalue weighted by Gasteiger charge is -2.34. The minimum Gasteiger partial charge on any atom is -0.459 e. The fourth-order valence-electron chi connectivity index (χ4n) is 4.46. The summed E-state index contributed by atoms with van der Waals surface area (Å²) in [5.74, 6) is -1.34. The number of carbonyl (C=O) groups excluding carboxylic acids is 1. The summed E-state index contributed by atoms with van der Waals surface area (Å²) in [6, 6.07) is 16.7. The van der Waals surface area contributed by atoms with Crippen molar-refractivity contribution in [3.8, 4) is 11.3 Å². The monoisotopic (exact) mass is 548 g/mol. The maximum absolute atomic E-state index is 13.6. The van der Waals surface area contributed by atoms with E-state index in [0.717, 1.165) is 27.6 Å². The Hall–Kier alpha value is -4.17. The second-order valence-electron chi connectivity index (χ2n) is 9.52. The van der Waals surface area contributed by atoms with E-state index in [2.05, 4.69) is 16.9 Å². The van der Waals surface area contributed by atoms with Crippen LogP contribution in [-0.2, 0) is 11.3 Å². The van der Waals surface area contributed by atoms with Gasteiger partial charge < -0.3 is 20.4 Å². The number of pyridine rings is 1. The van der Waals surface area contributed by atoms with Crippen LogP contribution in [0.3, 0.4) is 0 Å². The zero-order chi connectivity index (χ0) is 27.6. The third-order valence-electron chi connectivity index (χ3n) is 6.74. The minimum atomic E-state index is -2.61. The first-order chi connectivity index (χ1) is 18.7. The molecule has 0 bridgehead atoms. The van der Waals surface area contributed by atoms with Crippen LogP contribution >= 0.6 is 11.6 Å². The van der Waals surface area contributed by atoms with Crippen LogP contribution in [0.5, 0.6) is 0 Å². The lowest BCUT2D eigenvalue weighted by Crippen LogP contribution is -2.38. The molecule has 2 aromatic carbocycles. The topological polar surface area (TPSA) is 84.4 Å². The summed E-state index contributed by atoms with van der Waals surface area (Å²) in [5.41, 5.74) is 8.63. The average Bonchev–Trinajstić information content (AvgIpc) is 3.39. The summed E-state index contributed by atoms with van der Waals surface area (Å²) >= 11 is 6.59. The Kier molecular flexibility index (Phi) is 7.39. The van der Waals surface area contributed by atoms with Crippen LogP contribution in [0.4, 0.5) is 14.6 Å². The normalized spacial score (nSPS) is 15.1. The summed E-state index contributed by atoms with van der Waals surface area (Å²) in [7, 11) is 0. The number of fused-ring (bicyclic) bond motifs is 1. The number of benzene rings is 2. The predicted octanol–water partition coefficient (Wildman–Crippen LogP) is 6.76. The Morgan fingerprint density at radius 2 is 1.92 bits per heavy atom. The predicted molar refractivity (Wildman–Crippen MR) is 151 cm³/mol. The molecule has 9 heteroatoms. The van der Waals surface area contributed by atoms with Crippen molar-refractivity contribution in [1.82, 2.24) is 15.2 Å². The van der Waals surface area contributed by atoms with Crippen molar-refractivity contribution in [2.24, 2.45) is 0 Å². The fourth-order valence-corrected chi connectivity index (χ4v) is 4.73. The summed E-state index contributed by atoms with van der Waals surface area (Å²) < 4.78 is 33.2. The third kappa shape index (κ3) is 6.29. The van der Waals surface area contributed by atoms with Crippen molar-refractivity contribution < 1.29 is 18.0 Å². The van der Waals surface area contributed by atoms with E-state index < -0.39 is 5.92 Å². The lowest BCUT2D eigenvalue weighted by atomic mass is 10.00. The van der Waals surface area contributed by atoms with E-state index in [1.165, 1.54) is 6.08 Å². The van der Waals surface area contributed by atoms with E-state index in [1.54, 1.807) is 36.5 Å². The van der Waals surface area contributed by atoms with E-state index in [0.29, 0.717) is 27.9 Å². The molecule has 5 rings (SSSR count). The maximum Gasteiger partial charge on any atom is 0.251 e. The van der Waals surface area contributed by atoms with Gasteiger partial charge in [0.2, 0.25) is 5.91 Å². The largest absolute Gasteiger partial charge is 0.459 e. The first-order valence-corrected chi connectivity index (χ1v) is 12.9. The molecule has 0 radical (unpaired) electrons. The maximum atomic E-state index is 13.6. The molecular formula is C30H27ClF2N4O2. The van der Waals surface area contributed by atoms with Crippen molar-refractivity contribution in [2.45, 2.75) is 25.3 Å². The number of hydrogen-bond acceptors (Lipinski definition) is 5. The number of nitrogens with zero attached hydrogens (tertiary/aromatic N) is 2. The van der Waals surface area contributed by atoms with Crippen molar-refractivity contribution in [1.29, 1.82) is 0 Å². The highest BCUT2D eigenvalue weighted by atomic mass is 35.5. The number of aromatic nitrogens is 1. The zero-order valence-corrected chi connectivity index (χ0v) is 21.8. The van der Waals surface area contributed by atoms with Crippen molar-refractivity contribution in [3.05, 3.63) is 95.4 Å². The molecule has 0 atom stereocenters. The Balaban J connectivity index is 1.27. The molecule has 1 saturated heterocycles. The number of alkyl halides is 2. The molecule has 1 aliphatic rings. The molecule has 1 fully saturated rings. The molecule has 39 heavy (non-hydrogen) atoms. The van der Waals surface area contributed by atoms with E-state index in [9.17, 15) is 13.6 Å². The third-order valence-corrected chi connectivity index (χ3v) is 7.05. The molecule has 1 amide bonds. The van der Waals surface area contributed by atoms with E-state index in [-0.39, 0.29) is 38.4 Å². The van der Waals surface area contributed by atoms with Crippen LogP contribution in [0.1, 0.15) is 29.7 Å². The molecule has 2 aromatic heterocycles. The molecule has 1 aliphatic heterocycles. The summed E-state index contributed by atoms with van der Waals surface area (Å²) in [6.45, 7) is 4.91. The average molecular weight is 549 g/mol. The van der Waals surface area contributed by atoms with Crippen molar-refractivity contribution in [3.63, 3.8) is 0 Å². The molecule has 4 aromatic rings. The van der Waals surface area contributed by atoms with Crippen LogP contribution in [-0.4, -0.2) is 34.8 Å². The van der Waals surface area contributed by atoms with Crippen molar-refractivity contribution in [2.75, 3.05) is 18.8 Å². The number of hydrogen-bond donors (Lipinski definition) is 2. The number of amides is 1. The van der Waals surface area contributed by atoms with Crippen LogP contribution in [0.25, 0.3) is 33.9 Å². The van der Waals surface area contributed by atoms with Gasteiger partial charge in [0.1, 0.15) is 17.3 Å². The second kappa shape index (κ2) is 10.9. The number of nitrogen functional groups attached to an aromatic ring is 1. The summed E-state index contributed by atoms with van der Waals surface area (Å²) in [6.07, 6.45) is 4.30. The highest BCUT2D eigenvalue weighted by Gasteiger charge is 2.34. The molecule has 3 N–H and O–H groups in total. The minimum absolute atomic E-state index is 0.170. The molecule has 0 unspecified atom stereocenters. The van der Waals surface area contributed by atoms with Gasteiger partial charge in [0.15, 0.2) is 0 Å². The van der Waals surface area contributed by atoms with E-state index in [1.807, 2.05) is 35.2 Å². The number of piperidine rings is 1. The van der Waals surface area contributed by atoms with Gasteiger partial charge in [0, 0.05) is 49.5 Å². The fraction of sp³-hybridized carbons (Fsp3) is 0.200. The highest BCUT2D eigenvalue weighted by molar-refractivity contribution is 6.34. The number of nitrogens with one attached hydrogen (secondary N) is 1. The number of nitrogens with two attached hydrogens (primary N) is 1. The number of furan rings is 1. The standard InChI is InChI=1S/C30H27ClF2N4O2/c1-19(37-12-10-30(32,33)11-13-37)21-4-5-22-16-26(31)25(15-23(22)14-21)27-7-6-24(39-27)18-36-29(38)9-3-20-2-8-28(34)35-17-20/h2-9,14-17H,1,10-13,18H2,(H2,34,35)(H,36,38)/b9-3+. The van der Waals surface area contributed by atoms with Crippen LogP contribution in [0, 0.1) is 0 Å². The van der Waals surface area contributed by atoms with Gasteiger partial charge in [-0.3, -0.25) is 4.79 Å². The number of anilines is 1. The molecule has 200 valence electrons. The highest BCUT2D eigenvalue weighted by Crippen LogP contribution is 2.36. The lowest BCUT2D eigenvalue weighted by molar-refractivity contribution is -0.116. The second-order valence-corrected chi connectivity index (χ2v) is 9.92. The van der Waals surface area contributed by atoms with Crippen molar-refractivity contribution >= 4 is 45.9 Å². The Labute approximate surface area is 229 Å². The SMILES string of the molecule is C=C(c1ccc2cc(Cl)c(-c3ccc(CNC(=O)/C=C/c4ccc(N)nc4)o3)cc2c1)N1CCC(F)(F)CC1. The number of rotatable bonds is 7. The summed E-state index contributed by atoms with van der Waals surface area (Å²) in [4.78, 5) is 18.1. The molecule has 6 nitrogen and oxygen atoms in total. The smallest absolute Gasteiger partial charge is 0.251 e. The van der Waals surface area contributed by atoms with Gasteiger partial charge in [-0.05, 0) is 70.4 Å². The van der Waals surface area contributed by atoms with Gasteiger partial charge in [0.25, 0.3) is 5.92 Å². The number of likely N-dealkylation sites (tertiary alicyclic amines) is 1. The Bertz CT molecular complexity index is 1550. The molecule has 0 aliphatic carbocycles. The first-order valence-electron chi connectivity index (χ1n) is 12.5. The van der Waals surface area contributed by atoms with E-state index >= 15 is 0 Å². The molecule has 0 saturated carbocycles. The molecular weight excluding hydrogens is 522 g/mol. The van der Waals surface area contributed by atoms with E-state index in [4.69, 9.17) is 21.8 Å². The van der Waals surface area contributed by atoms with Crippen LogP contribution in [0.2, 0.25) is 5.02 Å². The zero-order valence-electron chi connectivity index (χ0n) is 21.1. The first kappa shape index (κ1) is 26.4. The Morgan fingerprint density at radius 3 is 2.67 bits per heavy atom. The van der Waals surface area contributed by atoms with Crippen LogP contribution < -0.4 is 11.1 Å². The van der Waals surface area contributed by atoms with Gasteiger partial charge in [-0.15, -0.1) is 0 Å². The molecule has 3 heterocycles. The van der Waals surface area contributed by atoms with Crippen LogP contribution in [0.15, 0.2) is 77.9 Å². The molecule has 0 spiro atoms. The number of halogens is 3. The number of carbonyl (C=O) groups is 1. The quantitative estimate of drug-likeness (QED) is 0.249. The Morgan fingerprint density at radius 1 is 1.13 bits per heavy atom. The van der Waals surface area contributed by atoms with Gasteiger partial charge in [0.05, 0.1) is 11.6 Å². The summed E-state index contributed by atoms with van der Waals surface area (Å²) in [5, 5.41) is 5.17. The van der Waals surface area contributed by atoms with Gasteiger partial charge >= 0.3 is 0 Å².